The third-order valence-electron chi connectivity index (χ3n) is 2.21. The van der Waals surface area contributed by atoms with Crippen LogP contribution < -0.4 is 0 Å². The summed E-state index contributed by atoms with van der Waals surface area (Å²) in [5, 5.41) is 17.5. The van der Waals surface area contributed by atoms with Gasteiger partial charge in [-0.05, 0) is 30.2 Å². The Bertz CT molecular complexity index is 459. The van der Waals surface area contributed by atoms with Crippen molar-refractivity contribution in [3.05, 3.63) is 34.3 Å². The number of aliphatic hydroxyl groups is 1. The number of hydrogen-bond donors (Lipinski definition) is 2. The van der Waals surface area contributed by atoms with Gasteiger partial charge in [-0.1, -0.05) is 17.7 Å². The first-order valence-electron chi connectivity index (χ1n) is 4.69. The molecule has 0 bridgehead atoms. The van der Waals surface area contributed by atoms with Crippen LogP contribution in [-0.4, -0.2) is 22.0 Å². The maximum atomic E-state index is 11.2. The minimum absolute atomic E-state index is 0.0668. The van der Waals surface area contributed by atoms with E-state index in [0.717, 1.165) is 0 Å². The molecule has 0 radical (unpaired) electrons. The normalized spacial score (nSPS) is 14.1. The summed E-state index contributed by atoms with van der Waals surface area (Å²) in [4.78, 5) is 21.9. The molecule has 17 heavy (non-hydrogen) atoms. The van der Waals surface area contributed by atoms with Crippen molar-refractivity contribution in [2.45, 2.75) is 18.4 Å². The number of halogens is 2. The second-order valence-corrected chi connectivity index (χ2v) is 4.36. The summed E-state index contributed by atoms with van der Waals surface area (Å²) in [6.07, 6.45) is -1.73. The van der Waals surface area contributed by atoms with Crippen molar-refractivity contribution >= 4 is 35.0 Å². The number of benzene rings is 1. The lowest BCUT2D eigenvalue weighted by Crippen LogP contribution is -2.15. The minimum atomic E-state index is -1.73. The Balaban J connectivity index is 3.30. The fourth-order valence-corrected chi connectivity index (χ4v) is 1.74. The Morgan fingerprint density at radius 2 is 1.88 bits per heavy atom. The fourth-order valence-electron chi connectivity index (χ4n) is 1.37. The molecule has 0 spiro atoms. The Labute approximate surface area is 108 Å². The average molecular weight is 277 g/mol. The smallest absolute Gasteiger partial charge is 0.337 e. The zero-order valence-electron chi connectivity index (χ0n) is 8.85. The molecule has 1 aromatic carbocycles. The number of carbonyl (C=O) groups is 2. The summed E-state index contributed by atoms with van der Waals surface area (Å²) < 4.78 is 0. The third kappa shape index (κ3) is 3.19. The van der Waals surface area contributed by atoms with Crippen molar-refractivity contribution in [2.75, 3.05) is 0 Å². The van der Waals surface area contributed by atoms with E-state index in [1.54, 1.807) is 0 Å². The average Bonchev–Trinajstić information content (AvgIpc) is 2.26. The molecule has 6 heteroatoms. The van der Waals surface area contributed by atoms with Crippen molar-refractivity contribution < 1.29 is 19.8 Å². The van der Waals surface area contributed by atoms with E-state index >= 15 is 0 Å². The zero-order valence-corrected chi connectivity index (χ0v) is 10.4. The molecular weight excluding hydrogens is 267 g/mol. The van der Waals surface area contributed by atoms with Crippen molar-refractivity contribution in [3.63, 3.8) is 0 Å². The van der Waals surface area contributed by atoms with Crippen LogP contribution in [0.25, 0.3) is 0 Å². The van der Waals surface area contributed by atoms with Crippen LogP contribution in [0, 0.1) is 0 Å². The van der Waals surface area contributed by atoms with Gasteiger partial charge in [-0.3, -0.25) is 4.79 Å². The summed E-state index contributed by atoms with van der Waals surface area (Å²) in [7, 11) is 0. The number of rotatable bonds is 4. The lowest BCUT2D eigenvalue weighted by Gasteiger charge is -2.15. The molecule has 0 amide bonds. The van der Waals surface area contributed by atoms with E-state index in [-0.39, 0.29) is 16.9 Å². The number of Topliss-reactive ketones (excluding diaryl/α,β-unsaturated/α-hetero) is 1. The molecular formula is C11H10Cl2O4. The van der Waals surface area contributed by atoms with E-state index in [1.807, 2.05) is 0 Å². The highest BCUT2D eigenvalue weighted by Gasteiger charge is 2.25. The highest BCUT2D eigenvalue weighted by atomic mass is 35.5. The summed E-state index contributed by atoms with van der Waals surface area (Å²) in [5.41, 5.74) is 0.277. The molecule has 0 aromatic heterocycles. The van der Waals surface area contributed by atoms with Crippen LogP contribution in [0.5, 0.6) is 0 Å². The van der Waals surface area contributed by atoms with Crippen LogP contribution in [0.2, 0.25) is 5.02 Å². The molecule has 0 saturated heterocycles. The van der Waals surface area contributed by atoms with Gasteiger partial charge in [0.2, 0.25) is 0 Å². The Kier molecular flexibility index (Phi) is 4.51. The first kappa shape index (κ1) is 14.0. The summed E-state index contributed by atoms with van der Waals surface area (Å²) in [6, 6.07) is 4.15. The second-order valence-electron chi connectivity index (χ2n) is 3.49. The van der Waals surface area contributed by atoms with E-state index in [4.69, 9.17) is 28.3 Å². The number of aliphatic hydroxyl groups excluding tert-OH is 1. The monoisotopic (exact) mass is 276 g/mol. The molecule has 0 aliphatic rings. The van der Waals surface area contributed by atoms with Crippen LogP contribution in [0.1, 0.15) is 29.5 Å². The number of carboxylic acids is 1. The van der Waals surface area contributed by atoms with Gasteiger partial charge in [0, 0.05) is 5.02 Å². The number of ketones is 1. The molecule has 92 valence electrons. The molecule has 4 nitrogen and oxygen atoms in total. The van der Waals surface area contributed by atoms with Crippen molar-refractivity contribution in [1.29, 1.82) is 0 Å². The van der Waals surface area contributed by atoms with E-state index in [0.29, 0.717) is 5.02 Å². The van der Waals surface area contributed by atoms with Gasteiger partial charge in [-0.15, -0.1) is 11.6 Å². The third-order valence-corrected chi connectivity index (χ3v) is 2.98. The predicted octanol–water partition coefficient (Wildman–Crippen LogP) is 2.33. The van der Waals surface area contributed by atoms with Gasteiger partial charge in [0.05, 0.1) is 0 Å². The Hall–Kier alpha value is -1.10. The standard InChI is InChI=1S/C11H10Cl2O4/c1-5(14)9(13)8-4-6(12)2-3-7(8)10(15)11(16)17/h2-4,9-10,15H,1H3,(H,16,17). The molecule has 2 atom stereocenters. The van der Waals surface area contributed by atoms with Crippen LogP contribution in [-0.2, 0) is 9.59 Å². The lowest BCUT2D eigenvalue weighted by atomic mass is 9.98. The number of aliphatic carboxylic acids is 1. The summed E-state index contributed by atoms with van der Waals surface area (Å²) >= 11 is 11.6. The number of alkyl halides is 1. The van der Waals surface area contributed by atoms with Gasteiger partial charge in [0.1, 0.15) is 5.38 Å². The van der Waals surface area contributed by atoms with Crippen LogP contribution >= 0.6 is 23.2 Å². The van der Waals surface area contributed by atoms with Gasteiger partial charge < -0.3 is 10.2 Å². The topological polar surface area (TPSA) is 74.6 Å². The zero-order chi connectivity index (χ0) is 13.2. The molecule has 0 aliphatic heterocycles. The minimum Gasteiger partial charge on any atom is -0.479 e. The predicted molar refractivity (Wildman–Crippen MR) is 63.3 cm³/mol. The van der Waals surface area contributed by atoms with Gasteiger partial charge in [-0.25, -0.2) is 4.79 Å². The Morgan fingerprint density at radius 1 is 1.29 bits per heavy atom. The van der Waals surface area contributed by atoms with E-state index in [1.165, 1.54) is 25.1 Å². The maximum Gasteiger partial charge on any atom is 0.337 e. The Morgan fingerprint density at radius 3 is 2.35 bits per heavy atom. The summed E-state index contributed by atoms with van der Waals surface area (Å²) in [5.74, 6) is -1.77. The van der Waals surface area contributed by atoms with Gasteiger partial charge in [-0.2, -0.15) is 0 Å². The van der Waals surface area contributed by atoms with Crippen molar-refractivity contribution in [2.24, 2.45) is 0 Å². The van der Waals surface area contributed by atoms with Gasteiger partial charge in [0.15, 0.2) is 11.9 Å². The largest absolute Gasteiger partial charge is 0.479 e. The molecule has 0 fully saturated rings. The fraction of sp³-hybridized carbons (Fsp3) is 0.273. The molecule has 1 rings (SSSR count). The van der Waals surface area contributed by atoms with Crippen LogP contribution in [0.4, 0.5) is 0 Å². The highest BCUT2D eigenvalue weighted by molar-refractivity contribution is 6.32. The van der Waals surface area contributed by atoms with E-state index in [2.05, 4.69) is 0 Å². The van der Waals surface area contributed by atoms with Crippen LogP contribution in [0.3, 0.4) is 0 Å². The first-order chi connectivity index (χ1) is 7.84. The molecule has 2 unspecified atom stereocenters. The second kappa shape index (κ2) is 5.49. The molecule has 0 saturated carbocycles. The first-order valence-corrected chi connectivity index (χ1v) is 5.50. The lowest BCUT2D eigenvalue weighted by molar-refractivity contribution is -0.147. The van der Waals surface area contributed by atoms with Gasteiger partial charge in [0.25, 0.3) is 0 Å². The summed E-state index contributed by atoms with van der Waals surface area (Å²) in [6.45, 7) is 1.27. The van der Waals surface area contributed by atoms with Crippen LogP contribution in [0.15, 0.2) is 18.2 Å². The van der Waals surface area contributed by atoms with Crippen molar-refractivity contribution in [1.82, 2.24) is 0 Å². The number of hydrogen-bond acceptors (Lipinski definition) is 3. The molecule has 2 N–H and O–H groups in total. The van der Waals surface area contributed by atoms with Crippen molar-refractivity contribution in [3.8, 4) is 0 Å². The molecule has 1 aromatic rings. The maximum absolute atomic E-state index is 11.2. The quantitative estimate of drug-likeness (QED) is 0.828. The number of carbonyl (C=O) groups excluding carboxylic acids is 1. The molecule has 0 heterocycles. The van der Waals surface area contributed by atoms with Gasteiger partial charge >= 0.3 is 5.97 Å². The van der Waals surface area contributed by atoms with E-state index < -0.39 is 17.5 Å². The van der Waals surface area contributed by atoms with E-state index in [9.17, 15) is 14.7 Å². The molecule has 0 aliphatic carbocycles. The SMILES string of the molecule is CC(=O)C(Cl)c1cc(Cl)ccc1C(O)C(=O)O. The highest BCUT2D eigenvalue weighted by Crippen LogP contribution is 2.31. The number of carboxylic acid groups (broad SMARTS) is 1.